The van der Waals surface area contributed by atoms with Crippen molar-refractivity contribution < 1.29 is 14.5 Å². The smallest absolute Gasteiger partial charge is 0.386 e. The van der Waals surface area contributed by atoms with Crippen LogP contribution in [0, 0.1) is 39.4 Å². The van der Waals surface area contributed by atoms with Gasteiger partial charge < -0.3 is 15.4 Å². The second kappa shape index (κ2) is 6.43. The first-order valence-corrected chi connectivity index (χ1v) is 9.25. The average Bonchev–Trinajstić information content (AvgIpc) is 2.93. The van der Waals surface area contributed by atoms with E-state index in [0.29, 0.717) is 16.3 Å². The Balaban J connectivity index is 2.20. The Hall–Kier alpha value is -3.24. The van der Waals surface area contributed by atoms with Crippen LogP contribution in [0.15, 0.2) is 32.8 Å². The van der Waals surface area contributed by atoms with Gasteiger partial charge in [0.15, 0.2) is 11.2 Å². The van der Waals surface area contributed by atoms with Crippen molar-refractivity contribution in [1.82, 2.24) is 0 Å². The van der Waals surface area contributed by atoms with Gasteiger partial charge >= 0.3 is 5.91 Å². The molecule has 144 valence electrons. The quantitative estimate of drug-likeness (QED) is 0.337. The Morgan fingerprint density at radius 2 is 1.82 bits per heavy atom. The number of oxime groups is 2. The van der Waals surface area contributed by atoms with Crippen molar-refractivity contribution >= 4 is 34.4 Å². The predicted octanol–water partition coefficient (Wildman–Crippen LogP) is 2.43. The molecular weight excluding hydrogens is 380 g/mol. The van der Waals surface area contributed by atoms with Crippen LogP contribution in [-0.2, 0) is 9.68 Å². The number of aliphatic imine (C=N–C) groups is 1. The van der Waals surface area contributed by atoms with Gasteiger partial charge in [0.25, 0.3) is 0 Å². The van der Waals surface area contributed by atoms with Gasteiger partial charge in [0, 0.05) is 0 Å². The second-order valence-corrected chi connectivity index (χ2v) is 7.90. The van der Waals surface area contributed by atoms with Crippen molar-refractivity contribution in [2.75, 3.05) is 0 Å². The molecule has 28 heavy (non-hydrogen) atoms. The van der Waals surface area contributed by atoms with Crippen molar-refractivity contribution in [3.8, 4) is 12.1 Å². The summed E-state index contributed by atoms with van der Waals surface area (Å²) < 4.78 is 0. The van der Waals surface area contributed by atoms with E-state index in [9.17, 15) is 15.3 Å². The number of hydrogen-bond acceptors (Lipinski definition) is 10. The van der Waals surface area contributed by atoms with Crippen molar-refractivity contribution in [3.05, 3.63) is 22.4 Å². The number of carbonyl (C=O) groups excluding carboxylic acids is 1. The van der Waals surface area contributed by atoms with E-state index in [1.165, 1.54) is 11.3 Å². The molecule has 2 aliphatic rings. The Morgan fingerprint density at radius 3 is 2.25 bits per heavy atom. The maximum atomic E-state index is 13.1. The van der Waals surface area contributed by atoms with E-state index in [1.807, 2.05) is 12.1 Å². The lowest BCUT2D eigenvalue weighted by Gasteiger charge is -2.27. The highest BCUT2D eigenvalue weighted by Gasteiger charge is 2.97. The molecular formula is C18H18N6O3S. The summed E-state index contributed by atoms with van der Waals surface area (Å²) in [5.74, 6) is -3.87. The standard InChI is InChI=1S/C18H18N6O3S/c1-10(2)23-26-18(27-24-11(3)4)17(9-20)14(13(25)12-6-5-7-28-12)16(17,8-19)15(21)22-18/h5-7,14H,1-4H3,(H2,21,22)/t14-,16-,17-/m1/s1. The summed E-state index contributed by atoms with van der Waals surface area (Å²) >= 11 is 1.21. The number of carbonyl (C=O) groups is 1. The maximum absolute atomic E-state index is 13.1. The molecule has 1 aliphatic carbocycles. The molecule has 0 spiro atoms. The zero-order valence-corrected chi connectivity index (χ0v) is 16.6. The third-order valence-electron chi connectivity index (χ3n) is 4.66. The van der Waals surface area contributed by atoms with E-state index in [2.05, 4.69) is 15.3 Å². The van der Waals surface area contributed by atoms with E-state index in [-0.39, 0.29) is 5.84 Å². The molecule has 1 aromatic rings. The predicted molar refractivity (Wildman–Crippen MR) is 102 cm³/mol. The van der Waals surface area contributed by atoms with E-state index >= 15 is 0 Å². The molecule has 0 saturated heterocycles. The molecule has 3 atom stereocenters. The molecule has 10 heteroatoms. The Kier molecular flexibility index (Phi) is 4.48. The van der Waals surface area contributed by atoms with Gasteiger partial charge in [-0.2, -0.15) is 15.5 Å². The lowest BCUT2D eigenvalue weighted by molar-refractivity contribution is -0.262. The largest absolute Gasteiger partial charge is 0.421 e. The number of nitriles is 2. The topological polar surface area (TPSA) is 146 Å². The lowest BCUT2D eigenvalue weighted by atomic mass is 9.94. The summed E-state index contributed by atoms with van der Waals surface area (Å²) in [6.07, 6.45) is 0. The third kappa shape index (κ3) is 2.28. The molecule has 3 rings (SSSR count). The summed E-state index contributed by atoms with van der Waals surface area (Å²) in [5, 5.41) is 29.6. The molecule has 1 saturated carbocycles. The van der Waals surface area contributed by atoms with Crippen molar-refractivity contribution in [3.63, 3.8) is 0 Å². The van der Waals surface area contributed by atoms with Crippen LogP contribution in [-0.4, -0.2) is 29.0 Å². The molecule has 0 bridgehead atoms. The number of nitrogens with two attached hydrogens (primary N) is 1. The summed E-state index contributed by atoms with van der Waals surface area (Å²) in [7, 11) is 0. The van der Waals surface area contributed by atoms with Crippen LogP contribution in [0.4, 0.5) is 0 Å². The minimum atomic E-state index is -2.15. The van der Waals surface area contributed by atoms with Crippen molar-refractivity contribution in [1.29, 1.82) is 10.5 Å². The number of fused-ring (bicyclic) bond motifs is 1. The van der Waals surface area contributed by atoms with Gasteiger partial charge in [-0.25, -0.2) is 0 Å². The van der Waals surface area contributed by atoms with Crippen LogP contribution in [0.25, 0.3) is 0 Å². The first kappa shape index (κ1) is 19.5. The van der Waals surface area contributed by atoms with Crippen LogP contribution in [0.3, 0.4) is 0 Å². The molecule has 2 heterocycles. The van der Waals surface area contributed by atoms with Crippen molar-refractivity contribution in [2.45, 2.75) is 33.6 Å². The number of nitrogens with zero attached hydrogens (tertiary/aromatic N) is 5. The molecule has 1 fully saturated rings. The van der Waals surface area contributed by atoms with Crippen LogP contribution in [0.2, 0.25) is 0 Å². The maximum Gasteiger partial charge on any atom is 0.421 e. The fourth-order valence-corrected chi connectivity index (χ4v) is 4.18. The van der Waals surface area contributed by atoms with Gasteiger partial charge in [-0.3, -0.25) is 4.79 Å². The van der Waals surface area contributed by atoms with Crippen LogP contribution < -0.4 is 5.73 Å². The number of ketones is 1. The average molecular weight is 398 g/mol. The minimum absolute atomic E-state index is 0.209. The minimum Gasteiger partial charge on any atom is -0.386 e. The number of Topliss-reactive ketones (excluding diaryl/α,β-unsaturated/α-hetero) is 1. The second-order valence-electron chi connectivity index (χ2n) is 6.95. The first-order chi connectivity index (χ1) is 13.2. The summed E-state index contributed by atoms with van der Waals surface area (Å²) in [6, 6.07) is 7.40. The van der Waals surface area contributed by atoms with Crippen LogP contribution >= 0.6 is 11.3 Å². The Labute approximate surface area is 165 Å². The van der Waals surface area contributed by atoms with E-state index in [4.69, 9.17) is 15.4 Å². The number of rotatable bonds is 6. The van der Waals surface area contributed by atoms with Gasteiger partial charge in [0.2, 0.25) is 5.41 Å². The van der Waals surface area contributed by atoms with E-state index in [1.54, 1.807) is 45.2 Å². The Morgan fingerprint density at radius 1 is 1.21 bits per heavy atom. The van der Waals surface area contributed by atoms with Crippen molar-refractivity contribution in [2.24, 2.45) is 37.8 Å². The molecule has 0 radical (unpaired) electrons. The fraction of sp³-hybridized carbons (Fsp3) is 0.444. The van der Waals surface area contributed by atoms with Crippen LogP contribution in [0.1, 0.15) is 37.4 Å². The molecule has 0 aromatic carbocycles. The fourth-order valence-electron chi connectivity index (χ4n) is 3.49. The van der Waals surface area contributed by atoms with Gasteiger partial charge in [-0.05, 0) is 39.1 Å². The lowest BCUT2D eigenvalue weighted by Crippen LogP contribution is -2.42. The third-order valence-corrected chi connectivity index (χ3v) is 5.54. The summed E-state index contributed by atoms with van der Waals surface area (Å²) in [5.41, 5.74) is 3.59. The van der Waals surface area contributed by atoms with E-state index < -0.39 is 28.4 Å². The summed E-state index contributed by atoms with van der Waals surface area (Å²) in [6.45, 7) is 6.67. The van der Waals surface area contributed by atoms with Gasteiger partial charge in [0.05, 0.1) is 34.4 Å². The molecule has 1 aromatic heterocycles. The molecule has 0 amide bonds. The highest BCUT2D eigenvalue weighted by Crippen LogP contribution is 2.78. The Bertz CT molecular complexity index is 972. The monoisotopic (exact) mass is 398 g/mol. The molecule has 9 nitrogen and oxygen atoms in total. The zero-order chi connectivity index (χ0) is 20.7. The number of amidine groups is 1. The molecule has 2 N–H and O–H groups in total. The highest BCUT2D eigenvalue weighted by atomic mass is 32.1. The van der Waals surface area contributed by atoms with E-state index in [0.717, 1.165) is 0 Å². The first-order valence-electron chi connectivity index (χ1n) is 8.37. The molecule has 0 unspecified atom stereocenters. The number of thiophene rings is 1. The van der Waals surface area contributed by atoms with Gasteiger partial charge in [-0.15, -0.1) is 11.3 Å². The summed E-state index contributed by atoms with van der Waals surface area (Å²) in [4.78, 5) is 28.7. The zero-order valence-electron chi connectivity index (χ0n) is 15.8. The van der Waals surface area contributed by atoms with Crippen LogP contribution in [0.5, 0.6) is 0 Å². The SMILES string of the molecule is CC(C)=NOC1(ON=C(C)C)N=C(N)[C@@]2(C#N)[C@@H](C(=O)c3cccs3)[C@@]12C#N. The van der Waals surface area contributed by atoms with Gasteiger partial charge in [0.1, 0.15) is 5.84 Å². The molecule has 1 aliphatic heterocycles. The van der Waals surface area contributed by atoms with Gasteiger partial charge in [-0.1, -0.05) is 16.4 Å². The number of hydrogen-bond donors (Lipinski definition) is 1. The highest BCUT2D eigenvalue weighted by molar-refractivity contribution is 7.12. The normalized spacial score (nSPS) is 28.6.